The summed E-state index contributed by atoms with van der Waals surface area (Å²) >= 11 is 7.27. The molecule has 0 aliphatic heterocycles. The molecular weight excluding hydrogens is 248 g/mol. The number of rotatable bonds is 3. The normalized spacial score (nSPS) is 13.0. The number of halogens is 1. The highest BCUT2D eigenvalue weighted by Crippen LogP contribution is 2.26. The van der Waals surface area contributed by atoms with Gasteiger partial charge in [0.15, 0.2) is 0 Å². The Hall–Kier alpha value is -0.980. The summed E-state index contributed by atoms with van der Waals surface area (Å²) in [4.78, 5) is 0.735. The van der Waals surface area contributed by atoms with E-state index in [0.29, 0.717) is 11.6 Å². The van der Waals surface area contributed by atoms with E-state index >= 15 is 0 Å². The van der Waals surface area contributed by atoms with Crippen LogP contribution in [0.2, 0.25) is 5.15 Å². The monoisotopic (exact) mass is 258 g/mol. The number of aliphatic hydroxyl groups is 1. The van der Waals surface area contributed by atoms with Gasteiger partial charge in [0.1, 0.15) is 5.15 Å². The third-order valence-corrected chi connectivity index (χ3v) is 3.61. The first-order valence-corrected chi connectivity index (χ1v) is 5.88. The molecule has 2 rings (SSSR count). The van der Waals surface area contributed by atoms with Crippen LogP contribution in [0.5, 0.6) is 0 Å². The minimum absolute atomic E-state index is 0.433. The molecular formula is C9H11ClN4OS. The summed E-state index contributed by atoms with van der Waals surface area (Å²) in [5, 5.41) is 18.4. The van der Waals surface area contributed by atoms with Crippen LogP contribution in [0, 0.1) is 6.92 Å². The van der Waals surface area contributed by atoms with Crippen molar-refractivity contribution in [2.45, 2.75) is 19.4 Å². The molecule has 0 aliphatic carbocycles. The van der Waals surface area contributed by atoms with E-state index in [1.807, 2.05) is 6.92 Å². The van der Waals surface area contributed by atoms with Gasteiger partial charge in [0.05, 0.1) is 22.9 Å². The van der Waals surface area contributed by atoms with Crippen molar-refractivity contribution in [3.05, 3.63) is 27.5 Å². The summed E-state index contributed by atoms with van der Waals surface area (Å²) in [6.45, 7) is 1.87. The van der Waals surface area contributed by atoms with E-state index < -0.39 is 6.10 Å². The minimum atomic E-state index is -0.625. The predicted octanol–water partition coefficient (Wildman–Crippen LogP) is 1.51. The summed E-state index contributed by atoms with van der Waals surface area (Å²) in [7, 11) is 1.78. The van der Waals surface area contributed by atoms with Crippen molar-refractivity contribution in [1.82, 2.24) is 19.4 Å². The van der Waals surface area contributed by atoms with Crippen molar-refractivity contribution in [2.24, 2.45) is 7.05 Å². The fourth-order valence-electron chi connectivity index (χ4n) is 1.52. The maximum atomic E-state index is 9.96. The van der Waals surface area contributed by atoms with Crippen molar-refractivity contribution in [3.63, 3.8) is 0 Å². The molecule has 0 aliphatic rings. The van der Waals surface area contributed by atoms with Crippen LogP contribution < -0.4 is 0 Å². The van der Waals surface area contributed by atoms with Gasteiger partial charge in [-0.25, -0.2) is 0 Å². The van der Waals surface area contributed by atoms with Gasteiger partial charge in [0.25, 0.3) is 0 Å². The molecule has 0 amide bonds. The highest BCUT2D eigenvalue weighted by atomic mass is 35.5. The van der Waals surface area contributed by atoms with E-state index in [1.54, 1.807) is 17.9 Å². The Labute approximate surface area is 102 Å². The van der Waals surface area contributed by atoms with Crippen LogP contribution in [0.4, 0.5) is 0 Å². The summed E-state index contributed by atoms with van der Waals surface area (Å²) in [6, 6.07) is 0. The Morgan fingerprint density at radius 2 is 2.38 bits per heavy atom. The molecule has 5 nitrogen and oxygen atoms in total. The first kappa shape index (κ1) is 11.5. The van der Waals surface area contributed by atoms with Gasteiger partial charge in [0, 0.05) is 19.0 Å². The first-order valence-electron chi connectivity index (χ1n) is 4.73. The topological polar surface area (TPSA) is 63.8 Å². The van der Waals surface area contributed by atoms with E-state index in [4.69, 9.17) is 11.6 Å². The van der Waals surface area contributed by atoms with E-state index in [0.717, 1.165) is 16.1 Å². The molecule has 1 N–H and O–H groups in total. The molecule has 2 aromatic heterocycles. The van der Waals surface area contributed by atoms with Crippen LogP contribution >= 0.6 is 23.1 Å². The minimum Gasteiger partial charge on any atom is -0.387 e. The van der Waals surface area contributed by atoms with E-state index in [-0.39, 0.29) is 0 Å². The van der Waals surface area contributed by atoms with Crippen molar-refractivity contribution in [3.8, 4) is 0 Å². The average Bonchev–Trinajstić information content (AvgIpc) is 2.83. The van der Waals surface area contributed by atoms with Crippen LogP contribution in [-0.4, -0.2) is 24.5 Å². The molecule has 1 unspecified atom stereocenters. The molecule has 0 aromatic carbocycles. The number of hydrogen-bond acceptors (Lipinski definition) is 5. The molecule has 2 aromatic rings. The number of aliphatic hydroxyl groups excluding tert-OH is 1. The van der Waals surface area contributed by atoms with Gasteiger partial charge >= 0.3 is 0 Å². The smallest absolute Gasteiger partial charge is 0.130 e. The Bertz CT molecular complexity index is 482. The third kappa shape index (κ3) is 2.09. The molecule has 0 spiro atoms. The number of aromatic nitrogens is 4. The Morgan fingerprint density at radius 3 is 2.88 bits per heavy atom. The van der Waals surface area contributed by atoms with Crippen molar-refractivity contribution >= 4 is 23.1 Å². The molecule has 0 bridgehead atoms. The molecule has 0 radical (unpaired) electrons. The van der Waals surface area contributed by atoms with E-state index in [1.165, 1.54) is 11.5 Å². The summed E-state index contributed by atoms with van der Waals surface area (Å²) in [5.74, 6) is 0. The molecule has 16 heavy (non-hydrogen) atoms. The number of hydrogen-bond donors (Lipinski definition) is 1. The quantitative estimate of drug-likeness (QED) is 0.906. The molecule has 0 saturated carbocycles. The second-order valence-corrected chi connectivity index (χ2v) is 4.69. The Morgan fingerprint density at radius 1 is 1.62 bits per heavy atom. The number of nitrogens with zero attached hydrogens (tertiary/aromatic N) is 4. The highest BCUT2D eigenvalue weighted by molar-refractivity contribution is 7.05. The van der Waals surface area contributed by atoms with Gasteiger partial charge in [-0.1, -0.05) is 16.1 Å². The van der Waals surface area contributed by atoms with Gasteiger partial charge < -0.3 is 5.11 Å². The van der Waals surface area contributed by atoms with Crippen LogP contribution in [-0.2, 0) is 13.5 Å². The fourth-order valence-corrected chi connectivity index (χ4v) is 2.26. The third-order valence-electron chi connectivity index (χ3n) is 2.37. The molecule has 7 heteroatoms. The lowest BCUT2D eigenvalue weighted by Gasteiger charge is -2.06. The summed E-state index contributed by atoms with van der Waals surface area (Å²) in [5.41, 5.74) is 1.70. The summed E-state index contributed by atoms with van der Waals surface area (Å²) < 4.78 is 5.31. The lowest BCUT2D eigenvalue weighted by atomic mass is 10.1. The van der Waals surface area contributed by atoms with Gasteiger partial charge in [-0.3, -0.25) is 4.68 Å². The zero-order valence-corrected chi connectivity index (χ0v) is 10.5. The summed E-state index contributed by atoms with van der Waals surface area (Å²) in [6.07, 6.45) is 1.37. The predicted molar refractivity (Wildman–Crippen MR) is 61.5 cm³/mol. The standard InChI is InChI=1S/C9H11ClN4OS/c1-5-6(9(10)14(2)12-5)3-7(15)8-4-11-13-16-8/h4,7,15H,3H2,1-2H3. The van der Waals surface area contributed by atoms with Crippen molar-refractivity contribution in [1.29, 1.82) is 0 Å². The van der Waals surface area contributed by atoms with Crippen molar-refractivity contribution in [2.75, 3.05) is 0 Å². The Balaban J connectivity index is 2.21. The lowest BCUT2D eigenvalue weighted by molar-refractivity contribution is 0.182. The highest BCUT2D eigenvalue weighted by Gasteiger charge is 2.17. The zero-order chi connectivity index (χ0) is 11.7. The maximum Gasteiger partial charge on any atom is 0.130 e. The zero-order valence-electron chi connectivity index (χ0n) is 8.88. The van der Waals surface area contributed by atoms with E-state index in [2.05, 4.69) is 14.7 Å². The second kappa shape index (κ2) is 4.48. The largest absolute Gasteiger partial charge is 0.387 e. The molecule has 86 valence electrons. The average molecular weight is 259 g/mol. The van der Waals surface area contributed by atoms with Gasteiger partial charge in [-0.2, -0.15) is 5.10 Å². The Kier molecular flexibility index (Phi) is 3.22. The van der Waals surface area contributed by atoms with Crippen LogP contribution in [0.3, 0.4) is 0 Å². The molecule has 0 saturated heterocycles. The first-order chi connectivity index (χ1) is 7.59. The van der Waals surface area contributed by atoms with Gasteiger partial charge in [-0.15, -0.1) is 5.10 Å². The number of aryl methyl sites for hydroxylation is 2. The van der Waals surface area contributed by atoms with Crippen molar-refractivity contribution < 1.29 is 5.11 Å². The maximum absolute atomic E-state index is 9.96. The van der Waals surface area contributed by atoms with Crippen LogP contribution in [0.25, 0.3) is 0 Å². The molecule has 2 heterocycles. The fraction of sp³-hybridized carbons (Fsp3) is 0.444. The molecule has 1 atom stereocenters. The second-order valence-electron chi connectivity index (χ2n) is 3.52. The van der Waals surface area contributed by atoms with Crippen LogP contribution in [0.15, 0.2) is 6.20 Å². The van der Waals surface area contributed by atoms with Crippen LogP contribution in [0.1, 0.15) is 22.2 Å². The van der Waals surface area contributed by atoms with E-state index in [9.17, 15) is 5.11 Å². The molecule has 0 fully saturated rings. The lowest BCUT2D eigenvalue weighted by Crippen LogP contribution is -2.00. The SMILES string of the molecule is Cc1nn(C)c(Cl)c1CC(O)c1cnns1. The van der Waals surface area contributed by atoms with Gasteiger partial charge in [0.2, 0.25) is 0 Å². The van der Waals surface area contributed by atoms with Gasteiger partial charge in [-0.05, 0) is 18.5 Å².